The van der Waals surface area contributed by atoms with Gasteiger partial charge in [0.2, 0.25) is 0 Å². The first-order valence-corrected chi connectivity index (χ1v) is 8.43. The summed E-state index contributed by atoms with van der Waals surface area (Å²) in [5.74, 6) is 1.97. The van der Waals surface area contributed by atoms with E-state index in [4.69, 9.17) is 0 Å². The lowest BCUT2D eigenvalue weighted by Gasteiger charge is -2.41. The highest BCUT2D eigenvalue weighted by Crippen LogP contribution is 2.40. The fourth-order valence-electron chi connectivity index (χ4n) is 3.80. The van der Waals surface area contributed by atoms with Crippen molar-refractivity contribution in [2.24, 2.45) is 17.3 Å². The lowest BCUT2D eigenvalue weighted by Crippen LogP contribution is -2.46. The Morgan fingerprint density at radius 2 is 1.84 bits per heavy atom. The standard InChI is InChI=1S/C17H34N2/c1-14(2)18-12-17(8-6-5-7-9-17)13-19(4)11-16-10-15(16)3/h14-16,18H,5-13H2,1-4H3. The van der Waals surface area contributed by atoms with Crippen LogP contribution in [0.25, 0.3) is 0 Å². The minimum atomic E-state index is 0.551. The summed E-state index contributed by atoms with van der Waals surface area (Å²) in [6.45, 7) is 10.8. The van der Waals surface area contributed by atoms with Crippen molar-refractivity contribution in [2.75, 3.05) is 26.7 Å². The largest absolute Gasteiger partial charge is 0.314 e. The Hall–Kier alpha value is -0.0800. The summed E-state index contributed by atoms with van der Waals surface area (Å²) in [6.07, 6.45) is 8.64. The third-order valence-electron chi connectivity index (χ3n) is 5.23. The second kappa shape index (κ2) is 6.58. The molecule has 2 heteroatoms. The molecule has 0 bridgehead atoms. The van der Waals surface area contributed by atoms with Crippen LogP contribution in [0, 0.1) is 17.3 Å². The highest BCUT2D eigenvalue weighted by atomic mass is 15.1. The molecule has 0 heterocycles. The van der Waals surface area contributed by atoms with Crippen LogP contribution in [0.4, 0.5) is 0 Å². The first kappa shape index (κ1) is 15.3. The molecule has 0 aromatic heterocycles. The van der Waals surface area contributed by atoms with Crippen molar-refractivity contribution >= 4 is 0 Å². The van der Waals surface area contributed by atoms with Gasteiger partial charge in [0, 0.05) is 25.7 Å². The van der Waals surface area contributed by atoms with E-state index in [2.05, 4.69) is 38.0 Å². The summed E-state index contributed by atoms with van der Waals surface area (Å²) in [6, 6.07) is 0.618. The van der Waals surface area contributed by atoms with E-state index in [1.54, 1.807) is 0 Å². The average molecular weight is 266 g/mol. The zero-order valence-electron chi connectivity index (χ0n) is 13.5. The van der Waals surface area contributed by atoms with Gasteiger partial charge in [-0.05, 0) is 43.6 Å². The molecule has 2 nitrogen and oxygen atoms in total. The number of rotatable bonds is 7. The predicted octanol–water partition coefficient (Wildman–Crippen LogP) is 3.52. The van der Waals surface area contributed by atoms with Gasteiger partial charge in [0.15, 0.2) is 0 Å². The molecule has 0 saturated heterocycles. The summed E-state index contributed by atoms with van der Waals surface area (Å²) >= 11 is 0. The number of hydrogen-bond donors (Lipinski definition) is 1. The van der Waals surface area contributed by atoms with Gasteiger partial charge in [0.25, 0.3) is 0 Å². The van der Waals surface area contributed by atoms with Crippen LogP contribution in [-0.4, -0.2) is 37.6 Å². The van der Waals surface area contributed by atoms with E-state index < -0.39 is 0 Å². The second-order valence-corrected chi connectivity index (χ2v) is 7.77. The van der Waals surface area contributed by atoms with Gasteiger partial charge in [-0.1, -0.05) is 40.0 Å². The Bertz CT molecular complexity index is 268. The Kier molecular flexibility index (Phi) is 5.30. The lowest BCUT2D eigenvalue weighted by molar-refractivity contribution is 0.112. The van der Waals surface area contributed by atoms with Crippen LogP contribution in [-0.2, 0) is 0 Å². The SMILES string of the molecule is CC(C)NCC1(CN(C)CC2CC2C)CCCCC1. The van der Waals surface area contributed by atoms with Gasteiger partial charge in [-0.2, -0.15) is 0 Å². The third kappa shape index (κ3) is 4.75. The van der Waals surface area contributed by atoms with E-state index in [-0.39, 0.29) is 0 Å². The van der Waals surface area contributed by atoms with E-state index in [0.717, 1.165) is 11.8 Å². The van der Waals surface area contributed by atoms with Crippen LogP contribution >= 0.6 is 0 Å². The molecule has 1 N–H and O–H groups in total. The lowest BCUT2D eigenvalue weighted by atomic mass is 9.73. The third-order valence-corrected chi connectivity index (χ3v) is 5.23. The molecule has 2 atom stereocenters. The Morgan fingerprint density at radius 3 is 2.37 bits per heavy atom. The molecule has 0 aromatic rings. The van der Waals surface area contributed by atoms with Crippen molar-refractivity contribution in [3.8, 4) is 0 Å². The predicted molar refractivity (Wildman–Crippen MR) is 83.4 cm³/mol. The number of nitrogens with zero attached hydrogens (tertiary/aromatic N) is 1. The molecule has 112 valence electrons. The Balaban J connectivity index is 1.84. The molecule has 2 fully saturated rings. The van der Waals surface area contributed by atoms with Crippen LogP contribution in [0.3, 0.4) is 0 Å². The highest BCUT2D eigenvalue weighted by Gasteiger charge is 2.37. The van der Waals surface area contributed by atoms with Gasteiger partial charge in [-0.3, -0.25) is 0 Å². The van der Waals surface area contributed by atoms with E-state index in [0.29, 0.717) is 11.5 Å². The Morgan fingerprint density at radius 1 is 1.21 bits per heavy atom. The summed E-state index contributed by atoms with van der Waals surface area (Å²) < 4.78 is 0. The molecule has 2 unspecified atom stereocenters. The molecule has 2 aliphatic carbocycles. The van der Waals surface area contributed by atoms with Crippen molar-refractivity contribution < 1.29 is 0 Å². The quantitative estimate of drug-likeness (QED) is 0.758. The Labute approximate surface area is 120 Å². The van der Waals surface area contributed by atoms with Crippen LogP contribution in [0.1, 0.15) is 59.3 Å². The van der Waals surface area contributed by atoms with Gasteiger partial charge in [-0.25, -0.2) is 0 Å². The van der Waals surface area contributed by atoms with Crippen LogP contribution < -0.4 is 5.32 Å². The van der Waals surface area contributed by atoms with Gasteiger partial charge >= 0.3 is 0 Å². The van der Waals surface area contributed by atoms with Gasteiger partial charge in [0.05, 0.1) is 0 Å². The van der Waals surface area contributed by atoms with Crippen LogP contribution in [0.2, 0.25) is 0 Å². The van der Waals surface area contributed by atoms with Gasteiger partial charge < -0.3 is 10.2 Å². The van der Waals surface area contributed by atoms with E-state index >= 15 is 0 Å². The van der Waals surface area contributed by atoms with Gasteiger partial charge in [0.1, 0.15) is 0 Å². The molecule has 2 saturated carbocycles. The first-order chi connectivity index (χ1) is 9.01. The molecule has 0 aromatic carbocycles. The zero-order valence-corrected chi connectivity index (χ0v) is 13.5. The molecule has 0 amide bonds. The minimum Gasteiger partial charge on any atom is -0.314 e. The average Bonchev–Trinajstić information content (AvgIpc) is 3.03. The fourth-order valence-corrected chi connectivity index (χ4v) is 3.80. The highest BCUT2D eigenvalue weighted by molar-refractivity contribution is 4.90. The van der Waals surface area contributed by atoms with Crippen LogP contribution in [0.15, 0.2) is 0 Å². The monoisotopic (exact) mass is 266 g/mol. The van der Waals surface area contributed by atoms with Crippen molar-refractivity contribution in [1.82, 2.24) is 10.2 Å². The van der Waals surface area contributed by atoms with Crippen molar-refractivity contribution in [3.05, 3.63) is 0 Å². The maximum atomic E-state index is 3.71. The van der Waals surface area contributed by atoms with Crippen molar-refractivity contribution in [3.63, 3.8) is 0 Å². The summed E-state index contributed by atoms with van der Waals surface area (Å²) in [4.78, 5) is 2.63. The number of nitrogens with one attached hydrogen (secondary N) is 1. The molecule has 19 heavy (non-hydrogen) atoms. The van der Waals surface area contributed by atoms with Crippen molar-refractivity contribution in [2.45, 2.75) is 65.3 Å². The van der Waals surface area contributed by atoms with E-state index in [1.807, 2.05) is 0 Å². The first-order valence-electron chi connectivity index (χ1n) is 8.43. The van der Waals surface area contributed by atoms with E-state index in [9.17, 15) is 0 Å². The molecular weight excluding hydrogens is 232 g/mol. The summed E-state index contributed by atoms with van der Waals surface area (Å²) in [7, 11) is 2.34. The summed E-state index contributed by atoms with van der Waals surface area (Å²) in [5, 5.41) is 3.71. The molecule has 2 rings (SSSR count). The maximum Gasteiger partial charge on any atom is 0.00472 e. The number of hydrogen-bond acceptors (Lipinski definition) is 2. The normalized spacial score (nSPS) is 30.0. The summed E-state index contributed by atoms with van der Waals surface area (Å²) in [5.41, 5.74) is 0.551. The fraction of sp³-hybridized carbons (Fsp3) is 1.00. The zero-order chi connectivity index (χ0) is 13.9. The maximum absolute atomic E-state index is 3.71. The topological polar surface area (TPSA) is 15.3 Å². The van der Waals surface area contributed by atoms with E-state index in [1.165, 1.54) is 58.2 Å². The van der Waals surface area contributed by atoms with Crippen molar-refractivity contribution in [1.29, 1.82) is 0 Å². The minimum absolute atomic E-state index is 0.551. The second-order valence-electron chi connectivity index (χ2n) is 7.77. The molecule has 0 aliphatic heterocycles. The van der Waals surface area contributed by atoms with Crippen LogP contribution in [0.5, 0.6) is 0 Å². The molecular formula is C17H34N2. The van der Waals surface area contributed by atoms with Gasteiger partial charge in [-0.15, -0.1) is 0 Å². The smallest absolute Gasteiger partial charge is 0.00472 e. The molecule has 0 radical (unpaired) electrons. The molecule has 2 aliphatic rings. The molecule has 0 spiro atoms.